The number of imide groups is 1. The van der Waals surface area contributed by atoms with Gasteiger partial charge in [-0.25, -0.2) is 4.79 Å². The van der Waals surface area contributed by atoms with E-state index in [1.54, 1.807) is 23.6 Å². The number of hydrogen-bond donors (Lipinski definition) is 0. The molecule has 5 atom stereocenters. The molecule has 5 unspecified atom stereocenters. The van der Waals surface area contributed by atoms with Crippen LogP contribution in [0.1, 0.15) is 97.8 Å². The fraction of sp³-hybridized carbons (Fsp3) is 0.840. The SMILES string of the molecule is CCCC1C(=O)N(C2CCCCC2)C(=O)N1C(C)C(=O)N1C(C(C)=O)CC2CCCCC21. The number of ketones is 1. The number of amides is 4. The van der Waals surface area contributed by atoms with E-state index in [9.17, 15) is 19.2 Å². The zero-order valence-corrected chi connectivity index (χ0v) is 19.9. The number of rotatable bonds is 6. The van der Waals surface area contributed by atoms with Crippen LogP contribution in [0.15, 0.2) is 0 Å². The largest absolute Gasteiger partial charge is 0.328 e. The van der Waals surface area contributed by atoms with E-state index in [0.29, 0.717) is 12.3 Å². The van der Waals surface area contributed by atoms with E-state index in [-0.39, 0.29) is 35.7 Å². The first-order valence-electron chi connectivity index (χ1n) is 12.8. The molecule has 4 rings (SSSR count). The Morgan fingerprint density at radius 2 is 1.66 bits per heavy atom. The van der Waals surface area contributed by atoms with Crippen molar-refractivity contribution in [1.82, 2.24) is 14.7 Å². The molecule has 0 radical (unpaired) electrons. The smallest absolute Gasteiger partial charge is 0.328 e. The highest BCUT2D eigenvalue weighted by Crippen LogP contribution is 2.41. The summed E-state index contributed by atoms with van der Waals surface area (Å²) >= 11 is 0. The van der Waals surface area contributed by atoms with Gasteiger partial charge in [-0.2, -0.15) is 0 Å². The van der Waals surface area contributed by atoms with Gasteiger partial charge in [0.15, 0.2) is 5.78 Å². The average Bonchev–Trinajstić information content (AvgIpc) is 3.29. The Morgan fingerprint density at radius 1 is 1.00 bits per heavy atom. The molecule has 0 aromatic heterocycles. The van der Waals surface area contributed by atoms with Gasteiger partial charge in [0.05, 0.1) is 6.04 Å². The maximum Gasteiger partial charge on any atom is 0.328 e. The molecule has 7 heteroatoms. The van der Waals surface area contributed by atoms with Crippen molar-refractivity contribution < 1.29 is 19.2 Å². The minimum atomic E-state index is -0.737. The molecule has 4 amide bonds. The molecule has 4 fully saturated rings. The van der Waals surface area contributed by atoms with Crippen LogP contribution in [0.4, 0.5) is 4.79 Å². The summed E-state index contributed by atoms with van der Waals surface area (Å²) in [7, 11) is 0. The van der Waals surface area contributed by atoms with E-state index >= 15 is 0 Å². The van der Waals surface area contributed by atoms with Gasteiger partial charge in [-0.3, -0.25) is 19.3 Å². The van der Waals surface area contributed by atoms with Gasteiger partial charge >= 0.3 is 6.03 Å². The molecule has 0 spiro atoms. The van der Waals surface area contributed by atoms with Crippen LogP contribution in [0.2, 0.25) is 0 Å². The highest BCUT2D eigenvalue weighted by Gasteiger charge is 2.53. The van der Waals surface area contributed by atoms with Gasteiger partial charge in [0, 0.05) is 12.1 Å². The molecule has 0 bridgehead atoms. The first-order valence-corrected chi connectivity index (χ1v) is 12.8. The van der Waals surface area contributed by atoms with E-state index in [2.05, 4.69) is 0 Å². The Balaban J connectivity index is 1.60. The van der Waals surface area contributed by atoms with Crippen LogP contribution in [0, 0.1) is 5.92 Å². The van der Waals surface area contributed by atoms with Crippen molar-refractivity contribution in [2.24, 2.45) is 5.92 Å². The number of carbonyl (C=O) groups is 4. The molecule has 2 saturated heterocycles. The van der Waals surface area contributed by atoms with Gasteiger partial charge in [0.1, 0.15) is 12.1 Å². The number of urea groups is 1. The Kier molecular flexibility index (Phi) is 6.91. The Hall–Kier alpha value is -1.92. The standard InChI is InChI=1S/C25H39N3O4/c1-4-10-21-24(31)27(19-12-6-5-7-13-19)25(32)26(21)16(2)23(30)28-20-14-9-8-11-18(20)15-22(28)17(3)29/h16,18-22H,4-15H2,1-3H3. The summed E-state index contributed by atoms with van der Waals surface area (Å²) in [4.78, 5) is 58.0. The average molecular weight is 446 g/mol. The monoisotopic (exact) mass is 445 g/mol. The summed E-state index contributed by atoms with van der Waals surface area (Å²) < 4.78 is 0. The fourth-order valence-corrected chi connectivity index (χ4v) is 6.75. The predicted octanol–water partition coefficient (Wildman–Crippen LogP) is 3.89. The van der Waals surface area contributed by atoms with Crippen LogP contribution >= 0.6 is 0 Å². The Labute approximate surface area is 191 Å². The third-order valence-corrected chi connectivity index (χ3v) is 8.37. The van der Waals surface area contributed by atoms with Crippen molar-refractivity contribution in [3.63, 3.8) is 0 Å². The Morgan fingerprint density at radius 3 is 2.31 bits per heavy atom. The lowest BCUT2D eigenvalue weighted by Gasteiger charge is -2.38. The zero-order chi connectivity index (χ0) is 23.0. The van der Waals surface area contributed by atoms with Crippen LogP contribution in [-0.2, 0) is 14.4 Å². The van der Waals surface area contributed by atoms with E-state index in [4.69, 9.17) is 0 Å². The summed E-state index contributed by atoms with van der Waals surface area (Å²) in [6, 6.07) is -1.98. The van der Waals surface area contributed by atoms with Gasteiger partial charge in [-0.15, -0.1) is 0 Å². The molecular formula is C25H39N3O4. The van der Waals surface area contributed by atoms with Gasteiger partial charge in [-0.05, 0) is 58.3 Å². The Bertz CT molecular complexity index is 762. The van der Waals surface area contributed by atoms with Gasteiger partial charge < -0.3 is 9.80 Å². The lowest BCUT2D eigenvalue weighted by molar-refractivity contribution is -0.143. The van der Waals surface area contributed by atoms with Crippen molar-refractivity contribution in [3.8, 4) is 0 Å². The maximum absolute atomic E-state index is 13.8. The molecule has 32 heavy (non-hydrogen) atoms. The van der Waals surface area contributed by atoms with Crippen LogP contribution in [0.5, 0.6) is 0 Å². The molecule has 0 N–H and O–H groups in total. The normalized spacial score (nSPS) is 32.4. The number of carbonyl (C=O) groups excluding carboxylic acids is 4. The topological polar surface area (TPSA) is 78.0 Å². The first-order chi connectivity index (χ1) is 15.4. The summed E-state index contributed by atoms with van der Waals surface area (Å²) in [6.07, 6.45) is 11.2. The summed E-state index contributed by atoms with van der Waals surface area (Å²) in [6.45, 7) is 5.33. The molecule has 2 aliphatic heterocycles. The maximum atomic E-state index is 13.8. The number of likely N-dealkylation sites (tertiary alicyclic amines) is 1. The highest BCUT2D eigenvalue weighted by atomic mass is 16.2. The molecule has 7 nitrogen and oxygen atoms in total. The second kappa shape index (κ2) is 9.52. The lowest BCUT2D eigenvalue weighted by atomic mass is 9.84. The number of nitrogens with zero attached hydrogens (tertiary/aromatic N) is 3. The molecule has 0 aromatic carbocycles. The lowest BCUT2D eigenvalue weighted by Crippen LogP contribution is -2.56. The van der Waals surface area contributed by atoms with Crippen molar-refractivity contribution in [2.45, 2.75) is 128 Å². The quantitative estimate of drug-likeness (QED) is 0.581. The molecule has 4 aliphatic rings. The number of Topliss-reactive ketones (excluding diaryl/α,β-unsaturated/α-hetero) is 1. The summed E-state index contributed by atoms with van der Waals surface area (Å²) in [5.41, 5.74) is 0. The number of hydrogen-bond acceptors (Lipinski definition) is 4. The van der Waals surface area contributed by atoms with Crippen molar-refractivity contribution in [3.05, 3.63) is 0 Å². The van der Waals surface area contributed by atoms with Crippen LogP contribution in [0.25, 0.3) is 0 Å². The first kappa shape index (κ1) is 23.2. The fourth-order valence-electron chi connectivity index (χ4n) is 6.75. The van der Waals surface area contributed by atoms with Crippen molar-refractivity contribution in [1.29, 1.82) is 0 Å². The third-order valence-electron chi connectivity index (χ3n) is 8.37. The molecule has 2 saturated carbocycles. The predicted molar refractivity (Wildman–Crippen MR) is 121 cm³/mol. The van der Waals surface area contributed by atoms with Crippen molar-refractivity contribution >= 4 is 23.6 Å². The van der Waals surface area contributed by atoms with Crippen molar-refractivity contribution in [2.75, 3.05) is 0 Å². The highest BCUT2D eigenvalue weighted by molar-refractivity contribution is 6.06. The third kappa shape index (κ3) is 3.96. The van der Waals surface area contributed by atoms with E-state index < -0.39 is 18.1 Å². The second-order valence-electron chi connectivity index (χ2n) is 10.4. The molecule has 2 aliphatic carbocycles. The molecule has 2 heterocycles. The minimum absolute atomic E-state index is 0.0257. The van der Waals surface area contributed by atoms with Gasteiger partial charge in [-0.1, -0.05) is 45.4 Å². The van der Waals surface area contributed by atoms with Gasteiger partial charge in [0.25, 0.3) is 5.91 Å². The molecule has 178 valence electrons. The molecule has 0 aromatic rings. The summed E-state index contributed by atoms with van der Waals surface area (Å²) in [5.74, 6) is 0.100. The van der Waals surface area contributed by atoms with Crippen LogP contribution < -0.4 is 0 Å². The van der Waals surface area contributed by atoms with Crippen LogP contribution in [-0.4, -0.2) is 68.5 Å². The van der Waals surface area contributed by atoms with Crippen LogP contribution in [0.3, 0.4) is 0 Å². The van der Waals surface area contributed by atoms with E-state index in [1.165, 1.54) is 4.90 Å². The van der Waals surface area contributed by atoms with E-state index in [0.717, 1.165) is 70.6 Å². The minimum Gasteiger partial charge on any atom is -0.328 e. The second-order valence-corrected chi connectivity index (χ2v) is 10.4. The zero-order valence-electron chi connectivity index (χ0n) is 19.9. The van der Waals surface area contributed by atoms with E-state index in [1.807, 2.05) is 6.92 Å². The molecular weight excluding hydrogens is 406 g/mol. The van der Waals surface area contributed by atoms with Gasteiger partial charge in [0.2, 0.25) is 5.91 Å². The number of fused-ring (bicyclic) bond motifs is 1. The summed E-state index contributed by atoms with van der Waals surface area (Å²) in [5, 5.41) is 0.